The Morgan fingerprint density at radius 2 is 2.05 bits per heavy atom. The molecule has 1 amide bonds. The zero-order chi connectivity index (χ0) is 27.6. The third-order valence-corrected chi connectivity index (χ3v) is 7.16. The van der Waals surface area contributed by atoms with Crippen LogP contribution in [0.15, 0.2) is 84.1 Å². The number of ketones is 1. The van der Waals surface area contributed by atoms with Crippen LogP contribution in [0.1, 0.15) is 52.1 Å². The number of carbonyl (C=O) groups is 2. The van der Waals surface area contributed by atoms with E-state index in [-0.39, 0.29) is 22.9 Å². The molecule has 2 aromatic rings. The lowest BCUT2D eigenvalue weighted by Gasteiger charge is -2.37. The smallest absolute Gasteiger partial charge is 0.224 e. The number of fused-ring (bicyclic) bond motifs is 1. The molecule has 2 aliphatic rings. The van der Waals surface area contributed by atoms with E-state index >= 15 is 0 Å². The van der Waals surface area contributed by atoms with Crippen molar-refractivity contribution in [2.75, 3.05) is 16.8 Å². The fraction of sp³-hybridized carbons (Fsp3) is 0.290. The molecular weight excluding hydrogens is 500 g/mol. The highest BCUT2D eigenvalue weighted by Crippen LogP contribution is 2.51. The van der Waals surface area contributed by atoms with Gasteiger partial charge >= 0.3 is 0 Å². The molecule has 1 heterocycles. The summed E-state index contributed by atoms with van der Waals surface area (Å²) in [6.07, 6.45) is 8.33. The molecule has 2 aromatic carbocycles. The lowest BCUT2D eigenvalue weighted by Crippen LogP contribution is -2.38. The van der Waals surface area contributed by atoms with E-state index < -0.39 is 6.04 Å². The molecule has 0 aromatic heterocycles. The molecule has 38 heavy (non-hydrogen) atoms. The molecule has 0 spiro atoms. The molecule has 0 fully saturated rings. The molecule has 1 atom stereocenters. The Bertz CT molecular complexity index is 1390. The fourth-order valence-corrected chi connectivity index (χ4v) is 5.36. The molecular formula is C31H33ClN2O4. The van der Waals surface area contributed by atoms with Crippen molar-refractivity contribution in [1.29, 1.82) is 0 Å². The first-order valence-corrected chi connectivity index (χ1v) is 13.0. The fourth-order valence-electron chi connectivity index (χ4n) is 5.09. The number of ether oxygens (including phenoxy) is 1. The average Bonchev–Trinajstić information content (AvgIpc) is 2.99. The molecule has 1 unspecified atom stereocenters. The van der Waals surface area contributed by atoms with Crippen LogP contribution in [0.5, 0.6) is 11.5 Å². The van der Waals surface area contributed by atoms with Crippen molar-refractivity contribution in [1.82, 2.24) is 0 Å². The van der Waals surface area contributed by atoms with Gasteiger partial charge in [-0.3, -0.25) is 14.5 Å². The van der Waals surface area contributed by atoms with Gasteiger partial charge in [0.25, 0.3) is 0 Å². The van der Waals surface area contributed by atoms with Crippen molar-refractivity contribution in [3.8, 4) is 11.5 Å². The number of halogens is 1. The number of phenolic OH excluding ortho intramolecular Hbond substituents is 1. The second-order valence-electron chi connectivity index (χ2n) is 10.4. The van der Waals surface area contributed by atoms with E-state index in [9.17, 15) is 14.7 Å². The molecule has 198 valence electrons. The number of hydrogen-bond acceptors (Lipinski definition) is 5. The number of nitrogens with zero attached hydrogens (tertiary/aromatic N) is 1. The van der Waals surface area contributed by atoms with E-state index in [1.807, 2.05) is 39.0 Å². The number of rotatable bonds is 6. The van der Waals surface area contributed by atoms with Crippen molar-refractivity contribution in [3.05, 3.63) is 94.7 Å². The number of hydrogen-bond donors (Lipinski definition) is 2. The Kier molecular flexibility index (Phi) is 7.83. The van der Waals surface area contributed by atoms with Crippen molar-refractivity contribution in [2.45, 2.75) is 46.6 Å². The molecule has 1 aliphatic carbocycles. The van der Waals surface area contributed by atoms with Crippen molar-refractivity contribution < 1.29 is 19.4 Å². The number of allylic oxidation sites excluding steroid dienone is 4. The van der Waals surface area contributed by atoms with Crippen LogP contribution in [-0.2, 0) is 9.59 Å². The monoisotopic (exact) mass is 532 g/mol. The number of carbonyl (C=O) groups excluding carboxylic acids is 2. The predicted molar refractivity (Wildman–Crippen MR) is 153 cm³/mol. The van der Waals surface area contributed by atoms with E-state index in [0.717, 1.165) is 5.57 Å². The van der Waals surface area contributed by atoms with E-state index in [4.69, 9.17) is 16.3 Å². The number of para-hydroxylation sites is 1. The molecule has 7 heteroatoms. The lowest BCUT2D eigenvalue weighted by atomic mass is 9.73. The Morgan fingerprint density at radius 3 is 2.71 bits per heavy atom. The quantitative estimate of drug-likeness (QED) is 0.302. The van der Waals surface area contributed by atoms with Crippen LogP contribution in [0, 0.1) is 5.41 Å². The summed E-state index contributed by atoms with van der Waals surface area (Å²) in [5.41, 5.74) is 3.34. The molecule has 6 nitrogen and oxygen atoms in total. The van der Waals surface area contributed by atoms with E-state index in [2.05, 4.69) is 11.9 Å². The molecule has 1 aliphatic heterocycles. The molecule has 0 saturated carbocycles. The minimum atomic E-state index is -0.773. The van der Waals surface area contributed by atoms with Gasteiger partial charge in [0.05, 0.1) is 11.7 Å². The van der Waals surface area contributed by atoms with E-state index in [1.54, 1.807) is 47.4 Å². The van der Waals surface area contributed by atoms with Crippen molar-refractivity contribution in [2.24, 2.45) is 5.41 Å². The van der Waals surface area contributed by atoms with E-state index in [0.29, 0.717) is 58.4 Å². The number of aromatic hydroxyl groups is 1. The molecule has 2 N–H and O–H groups in total. The summed E-state index contributed by atoms with van der Waals surface area (Å²) in [7, 11) is 0. The summed E-state index contributed by atoms with van der Waals surface area (Å²) in [5.74, 6) is 0.223. The summed E-state index contributed by atoms with van der Waals surface area (Å²) >= 11 is 6.85. The lowest BCUT2D eigenvalue weighted by molar-refractivity contribution is -0.118. The number of anilines is 2. The van der Waals surface area contributed by atoms with Crippen LogP contribution in [0.25, 0.3) is 0 Å². The van der Waals surface area contributed by atoms with Crippen molar-refractivity contribution in [3.63, 3.8) is 0 Å². The molecule has 0 saturated heterocycles. The van der Waals surface area contributed by atoms with Crippen LogP contribution in [0.3, 0.4) is 0 Å². The second kappa shape index (κ2) is 10.9. The van der Waals surface area contributed by atoms with Gasteiger partial charge in [0, 0.05) is 29.6 Å². The van der Waals surface area contributed by atoms with Gasteiger partial charge in [-0.2, -0.15) is 0 Å². The van der Waals surface area contributed by atoms with Crippen LogP contribution in [-0.4, -0.2) is 23.4 Å². The number of amides is 1. The largest absolute Gasteiger partial charge is 0.506 e. The summed E-state index contributed by atoms with van der Waals surface area (Å²) in [6, 6.07) is 9.52. The maximum atomic E-state index is 13.7. The maximum absolute atomic E-state index is 13.7. The summed E-state index contributed by atoms with van der Waals surface area (Å²) in [6.45, 7) is 11.5. The van der Waals surface area contributed by atoms with Gasteiger partial charge in [-0.15, -0.1) is 0 Å². The highest BCUT2D eigenvalue weighted by Gasteiger charge is 2.43. The van der Waals surface area contributed by atoms with Gasteiger partial charge in [-0.1, -0.05) is 68.5 Å². The van der Waals surface area contributed by atoms with Crippen molar-refractivity contribution >= 4 is 34.7 Å². The normalized spacial score (nSPS) is 19.0. The molecule has 0 radical (unpaired) electrons. The number of Topliss-reactive ketones (excluding diaryl/α,β-unsaturated/α-hetero) is 1. The maximum Gasteiger partial charge on any atom is 0.224 e. The van der Waals surface area contributed by atoms with Gasteiger partial charge < -0.3 is 15.2 Å². The second-order valence-corrected chi connectivity index (χ2v) is 10.8. The highest BCUT2D eigenvalue weighted by molar-refractivity contribution is 6.31. The Hall–Kier alpha value is -3.77. The summed E-state index contributed by atoms with van der Waals surface area (Å²) in [5, 5.41) is 14.4. The molecule has 0 bridgehead atoms. The third-order valence-electron chi connectivity index (χ3n) is 6.84. The Balaban J connectivity index is 1.83. The minimum absolute atomic E-state index is 0.00258. The van der Waals surface area contributed by atoms with Crippen LogP contribution in [0.2, 0.25) is 5.02 Å². The Labute approximate surface area is 228 Å². The van der Waals surface area contributed by atoms with Crippen LogP contribution >= 0.6 is 11.6 Å². The predicted octanol–water partition coefficient (Wildman–Crippen LogP) is 7.28. The number of phenols is 1. The number of nitrogens with one attached hydrogen (secondary N) is 1. The average molecular weight is 533 g/mol. The van der Waals surface area contributed by atoms with Gasteiger partial charge in [-0.25, -0.2) is 0 Å². The third kappa shape index (κ3) is 5.41. The molecule has 4 rings (SSSR count). The topological polar surface area (TPSA) is 78.9 Å². The highest BCUT2D eigenvalue weighted by atomic mass is 35.5. The first kappa shape index (κ1) is 27.3. The zero-order valence-corrected chi connectivity index (χ0v) is 22.9. The zero-order valence-electron chi connectivity index (χ0n) is 22.2. The van der Waals surface area contributed by atoms with Gasteiger partial charge in [0.2, 0.25) is 5.91 Å². The standard InChI is InChI=1S/C31H33ClN2O4/c1-6-8-10-20(7-2)18-38-21-13-14-22(23(32)15-21)30-28-24(16-31(4,5)17-27(28)37)33-29-25(34(30)19(3)35)11-9-12-26(29)36/h6-15,30,33,36H,1,16-18H2,2-5H3/b10-8-,20-7+. The first-order valence-electron chi connectivity index (χ1n) is 12.6. The van der Waals surface area contributed by atoms with Gasteiger partial charge in [0.15, 0.2) is 5.78 Å². The van der Waals surface area contributed by atoms with Gasteiger partial charge in [0.1, 0.15) is 23.8 Å². The van der Waals surface area contributed by atoms with Gasteiger partial charge in [-0.05, 0) is 54.2 Å². The minimum Gasteiger partial charge on any atom is -0.506 e. The first-order chi connectivity index (χ1) is 18.1. The summed E-state index contributed by atoms with van der Waals surface area (Å²) < 4.78 is 5.96. The number of benzene rings is 2. The Morgan fingerprint density at radius 1 is 1.29 bits per heavy atom. The van der Waals surface area contributed by atoms with E-state index in [1.165, 1.54) is 6.92 Å². The SMILES string of the molecule is C=C/C=C\C(=C/C)COc1ccc(C2C3=C(CC(C)(C)CC3=O)Nc3c(O)cccc3N2C(C)=O)c(Cl)c1. The van der Waals surface area contributed by atoms with Crippen LogP contribution < -0.4 is 15.0 Å². The van der Waals surface area contributed by atoms with Crippen LogP contribution in [0.4, 0.5) is 11.4 Å². The summed E-state index contributed by atoms with van der Waals surface area (Å²) in [4.78, 5) is 28.4.